The minimum Gasteiger partial charge on any atom is -0.463 e. The molecule has 0 amide bonds. The molecule has 35 heavy (non-hydrogen) atoms. The van der Waals surface area contributed by atoms with Gasteiger partial charge in [0.15, 0.2) is 24.6 Å². The highest BCUT2D eigenvalue weighted by Crippen LogP contribution is 2.30. The van der Waals surface area contributed by atoms with Gasteiger partial charge in [-0.15, -0.1) is 0 Å². The Kier molecular flexibility index (Phi) is 15.6. The van der Waals surface area contributed by atoms with Crippen LogP contribution in [0.1, 0.15) is 73.1 Å². The van der Waals surface area contributed by atoms with Gasteiger partial charge in [-0.25, -0.2) is 0 Å². The minimum absolute atomic E-state index is 0.273. The largest absolute Gasteiger partial charge is 0.463 e. The first kappa shape index (κ1) is 31.2. The van der Waals surface area contributed by atoms with Gasteiger partial charge in [0.25, 0.3) is 0 Å². The van der Waals surface area contributed by atoms with E-state index >= 15 is 0 Å². The summed E-state index contributed by atoms with van der Waals surface area (Å²) in [4.78, 5) is 46.7. The van der Waals surface area contributed by atoms with Crippen LogP contribution in [0.5, 0.6) is 0 Å². The zero-order valence-corrected chi connectivity index (χ0v) is 22.3. The number of unbranched alkanes of at least 4 members (excludes halogenated alkanes) is 5. The molecule has 1 rings (SSSR count). The predicted octanol–water partition coefficient (Wildman–Crippen LogP) is 3.18. The first-order chi connectivity index (χ1) is 16.6. The highest BCUT2D eigenvalue weighted by molar-refractivity contribution is 7.99. The van der Waals surface area contributed by atoms with E-state index in [0.29, 0.717) is 5.75 Å². The van der Waals surface area contributed by atoms with Crippen LogP contribution < -0.4 is 0 Å². The Morgan fingerprint density at radius 2 is 1.29 bits per heavy atom. The lowest BCUT2D eigenvalue weighted by molar-refractivity contribution is -0.307. The third-order valence-electron chi connectivity index (χ3n) is 5.10. The van der Waals surface area contributed by atoms with E-state index in [-0.39, 0.29) is 13.2 Å². The van der Waals surface area contributed by atoms with Crippen molar-refractivity contribution in [1.29, 1.82) is 0 Å². The quantitative estimate of drug-likeness (QED) is 0.169. The number of ether oxygens (including phenoxy) is 6. The summed E-state index contributed by atoms with van der Waals surface area (Å²) in [5.41, 5.74) is 0. The molecule has 5 atom stereocenters. The van der Waals surface area contributed by atoms with E-state index in [0.717, 1.165) is 12.2 Å². The van der Waals surface area contributed by atoms with Gasteiger partial charge in [-0.1, -0.05) is 39.0 Å². The summed E-state index contributed by atoms with van der Waals surface area (Å²) in [6.45, 7) is 6.99. The molecule has 0 aromatic heterocycles. The minimum atomic E-state index is -1.21. The first-order valence-electron chi connectivity index (χ1n) is 12.2. The molecule has 0 saturated carbocycles. The molecule has 10 nitrogen and oxygen atoms in total. The molecule has 0 aromatic carbocycles. The Morgan fingerprint density at radius 3 is 1.89 bits per heavy atom. The van der Waals surface area contributed by atoms with Gasteiger partial charge in [-0.05, 0) is 12.2 Å². The van der Waals surface area contributed by atoms with Crippen molar-refractivity contribution < 1.29 is 47.6 Å². The monoisotopic (exact) mass is 520 g/mol. The third kappa shape index (κ3) is 13.1. The molecule has 0 spiro atoms. The Hall–Kier alpha value is -1.85. The smallest absolute Gasteiger partial charge is 0.303 e. The number of hydrogen-bond donors (Lipinski definition) is 0. The van der Waals surface area contributed by atoms with Crippen LogP contribution in [0.4, 0.5) is 0 Å². The number of thioether (sulfide) groups is 1. The van der Waals surface area contributed by atoms with Crippen molar-refractivity contribution in [2.24, 2.45) is 0 Å². The summed E-state index contributed by atoms with van der Waals surface area (Å²) in [5.74, 6) is -0.872. The van der Waals surface area contributed by atoms with E-state index in [2.05, 4.69) is 6.92 Å². The standard InChI is InChI=1S/C24H40O10S/c1-6-7-8-9-10-11-13-35-14-12-29-24-23(33-19(5)28)22(32-18(4)27)21(31-17(3)26)20(34-24)15-30-16(2)25/h20-24H,6-15H2,1-5H3/t20-,21+,22+,23-,24+/m1/s1. The van der Waals surface area contributed by atoms with Crippen LogP contribution in [-0.2, 0) is 47.6 Å². The van der Waals surface area contributed by atoms with Crippen LogP contribution in [0.15, 0.2) is 0 Å². The van der Waals surface area contributed by atoms with Crippen molar-refractivity contribution in [2.75, 3.05) is 24.7 Å². The number of rotatable bonds is 16. The molecule has 0 aliphatic carbocycles. The molecule has 1 aliphatic rings. The SMILES string of the molecule is CCCCCCCCSCCO[C@H]1O[C@H](COC(C)=O)[C@H](OC(C)=O)[C@H](OC(C)=O)[C@H]1OC(C)=O. The van der Waals surface area contributed by atoms with E-state index in [1.807, 2.05) is 0 Å². The van der Waals surface area contributed by atoms with Gasteiger partial charge >= 0.3 is 23.9 Å². The Labute approximate surface area is 212 Å². The van der Waals surface area contributed by atoms with Crippen molar-refractivity contribution >= 4 is 35.6 Å². The molecule has 0 radical (unpaired) electrons. The Balaban J connectivity index is 2.83. The molecular formula is C24H40O10S. The Bertz CT molecular complexity index is 671. The molecule has 0 bridgehead atoms. The van der Waals surface area contributed by atoms with E-state index in [4.69, 9.17) is 28.4 Å². The summed E-state index contributed by atoms with van der Waals surface area (Å²) >= 11 is 1.74. The van der Waals surface area contributed by atoms with Crippen LogP contribution in [0, 0.1) is 0 Å². The molecule has 0 aromatic rings. The van der Waals surface area contributed by atoms with Crippen LogP contribution in [0.2, 0.25) is 0 Å². The van der Waals surface area contributed by atoms with Crippen LogP contribution in [0.3, 0.4) is 0 Å². The molecule has 0 N–H and O–H groups in total. The third-order valence-corrected chi connectivity index (χ3v) is 6.13. The molecular weight excluding hydrogens is 480 g/mol. The van der Waals surface area contributed by atoms with Crippen LogP contribution in [-0.4, -0.2) is 79.3 Å². The number of carbonyl (C=O) groups excluding carboxylic acids is 4. The van der Waals surface area contributed by atoms with Crippen molar-refractivity contribution in [3.63, 3.8) is 0 Å². The highest BCUT2D eigenvalue weighted by atomic mass is 32.2. The molecule has 0 unspecified atom stereocenters. The van der Waals surface area contributed by atoms with Gasteiger partial charge in [0.05, 0.1) is 6.61 Å². The first-order valence-corrected chi connectivity index (χ1v) is 13.3. The fourth-order valence-corrected chi connectivity index (χ4v) is 4.46. The van der Waals surface area contributed by atoms with Gasteiger partial charge in [-0.2, -0.15) is 11.8 Å². The maximum atomic E-state index is 11.8. The molecule has 1 aliphatic heterocycles. The second-order valence-corrected chi connectivity index (χ2v) is 9.54. The average Bonchev–Trinajstić information content (AvgIpc) is 2.76. The van der Waals surface area contributed by atoms with Gasteiger partial charge in [0, 0.05) is 33.4 Å². The van der Waals surface area contributed by atoms with E-state index in [1.165, 1.54) is 59.8 Å². The summed E-state index contributed by atoms with van der Waals surface area (Å²) in [5, 5.41) is 0. The molecule has 1 saturated heterocycles. The van der Waals surface area contributed by atoms with Crippen molar-refractivity contribution in [2.45, 2.75) is 104 Å². The fraction of sp³-hybridized carbons (Fsp3) is 0.833. The van der Waals surface area contributed by atoms with E-state index in [9.17, 15) is 19.2 Å². The number of hydrogen-bond acceptors (Lipinski definition) is 11. The normalized spacial score (nSPS) is 23.9. The molecule has 1 fully saturated rings. The van der Waals surface area contributed by atoms with E-state index < -0.39 is 54.6 Å². The molecule has 1 heterocycles. The van der Waals surface area contributed by atoms with Gasteiger partial charge < -0.3 is 28.4 Å². The summed E-state index contributed by atoms with van der Waals surface area (Å²) in [6, 6.07) is 0. The molecule has 202 valence electrons. The predicted molar refractivity (Wildman–Crippen MR) is 129 cm³/mol. The molecule has 11 heteroatoms. The second kappa shape index (κ2) is 17.6. The number of carbonyl (C=O) groups is 4. The van der Waals surface area contributed by atoms with Crippen molar-refractivity contribution in [3.05, 3.63) is 0 Å². The zero-order chi connectivity index (χ0) is 26.2. The van der Waals surface area contributed by atoms with Crippen molar-refractivity contribution in [1.82, 2.24) is 0 Å². The number of esters is 4. The van der Waals surface area contributed by atoms with Crippen molar-refractivity contribution in [3.8, 4) is 0 Å². The average molecular weight is 521 g/mol. The van der Waals surface area contributed by atoms with Crippen LogP contribution >= 0.6 is 11.8 Å². The maximum Gasteiger partial charge on any atom is 0.303 e. The van der Waals surface area contributed by atoms with Crippen LogP contribution in [0.25, 0.3) is 0 Å². The van der Waals surface area contributed by atoms with Gasteiger partial charge in [0.2, 0.25) is 0 Å². The summed E-state index contributed by atoms with van der Waals surface area (Å²) in [7, 11) is 0. The summed E-state index contributed by atoms with van der Waals surface area (Å²) in [6.07, 6.45) is 1.66. The highest BCUT2D eigenvalue weighted by Gasteiger charge is 2.52. The fourth-order valence-electron chi connectivity index (χ4n) is 3.63. The van der Waals surface area contributed by atoms with E-state index in [1.54, 1.807) is 11.8 Å². The maximum absolute atomic E-state index is 11.8. The Morgan fingerprint density at radius 1 is 0.714 bits per heavy atom. The van der Waals surface area contributed by atoms with Gasteiger partial charge in [-0.3, -0.25) is 19.2 Å². The zero-order valence-electron chi connectivity index (χ0n) is 21.4. The lowest BCUT2D eigenvalue weighted by Gasteiger charge is -2.44. The lowest BCUT2D eigenvalue weighted by atomic mass is 9.98. The second-order valence-electron chi connectivity index (χ2n) is 8.32. The lowest BCUT2D eigenvalue weighted by Crippen LogP contribution is -2.63. The van der Waals surface area contributed by atoms with Gasteiger partial charge in [0.1, 0.15) is 12.7 Å². The summed E-state index contributed by atoms with van der Waals surface area (Å²) < 4.78 is 32.9. The topological polar surface area (TPSA) is 124 Å².